The van der Waals surface area contributed by atoms with Crippen LogP contribution in [-0.2, 0) is 13.0 Å². The average Bonchev–Trinajstić information content (AvgIpc) is 3.00. The lowest BCUT2D eigenvalue weighted by molar-refractivity contribution is 0.684. The number of hydrogen-bond acceptors (Lipinski definition) is 3. The first kappa shape index (κ1) is 15.3. The molecule has 2 aromatic carbocycles. The Kier molecular flexibility index (Phi) is 4.71. The quantitative estimate of drug-likeness (QED) is 0.755. The zero-order valence-corrected chi connectivity index (χ0v) is 13.6. The van der Waals surface area contributed by atoms with Crippen LogP contribution in [0.15, 0.2) is 61.2 Å². The fourth-order valence-electron chi connectivity index (χ4n) is 2.79. The van der Waals surface area contributed by atoms with Crippen molar-refractivity contribution >= 4 is 5.69 Å². The van der Waals surface area contributed by atoms with Crippen LogP contribution in [0.2, 0.25) is 0 Å². The van der Waals surface area contributed by atoms with Gasteiger partial charge in [-0.25, -0.2) is 9.67 Å². The fourth-order valence-corrected chi connectivity index (χ4v) is 2.79. The lowest BCUT2D eigenvalue weighted by Gasteiger charge is -2.16. The van der Waals surface area contributed by atoms with Gasteiger partial charge in [0, 0.05) is 11.7 Å². The van der Waals surface area contributed by atoms with Crippen LogP contribution < -0.4 is 5.32 Å². The Bertz CT molecular complexity index is 750. The number of nitrogens with one attached hydrogen (secondary N) is 1. The molecule has 118 valence electrons. The molecule has 3 aromatic rings. The average molecular weight is 306 g/mol. The van der Waals surface area contributed by atoms with Gasteiger partial charge in [0.25, 0.3) is 0 Å². The molecule has 1 N–H and O–H groups in total. The van der Waals surface area contributed by atoms with Crippen molar-refractivity contribution in [3.63, 3.8) is 0 Å². The monoisotopic (exact) mass is 306 g/mol. The smallest absolute Gasteiger partial charge is 0.137 e. The summed E-state index contributed by atoms with van der Waals surface area (Å²) in [4.78, 5) is 3.98. The fraction of sp³-hybridized carbons (Fsp3) is 0.263. The van der Waals surface area contributed by atoms with E-state index in [2.05, 4.69) is 77.8 Å². The first-order chi connectivity index (χ1) is 11.2. The number of benzene rings is 2. The molecule has 23 heavy (non-hydrogen) atoms. The summed E-state index contributed by atoms with van der Waals surface area (Å²) >= 11 is 0. The van der Waals surface area contributed by atoms with Gasteiger partial charge < -0.3 is 5.32 Å². The van der Waals surface area contributed by atoms with E-state index in [1.165, 1.54) is 16.7 Å². The van der Waals surface area contributed by atoms with Crippen molar-refractivity contribution in [1.29, 1.82) is 0 Å². The van der Waals surface area contributed by atoms with Crippen molar-refractivity contribution in [3.8, 4) is 0 Å². The normalized spacial score (nSPS) is 12.1. The molecule has 1 atom stereocenters. The van der Waals surface area contributed by atoms with Gasteiger partial charge in [0.2, 0.25) is 0 Å². The van der Waals surface area contributed by atoms with Crippen LogP contribution in [-0.4, -0.2) is 20.8 Å². The maximum atomic E-state index is 4.15. The van der Waals surface area contributed by atoms with E-state index < -0.39 is 0 Å². The van der Waals surface area contributed by atoms with Gasteiger partial charge in [-0.1, -0.05) is 42.0 Å². The van der Waals surface area contributed by atoms with Crippen LogP contribution >= 0.6 is 0 Å². The lowest BCUT2D eigenvalue weighted by atomic mass is 10.0. The van der Waals surface area contributed by atoms with Crippen LogP contribution in [0.25, 0.3) is 0 Å². The van der Waals surface area contributed by atoms with Gasteiger partial charge >= 0.3 is 0 Å². The van der Waals surface area contributed by atoms with E-state index in [1.54, 1.807) is 12.7 Å². The summed E-state index contributed by atoms with van der Waals surface area (Å²) in [6.07, 6.45) is 4.31. The van der Waals surface area contributed by atoms with Gasteiger partial charge in [0.05, 0.1) is 6.54 Å². The molecule has 0 bridgehead atoms. The van der Waals surface area contributed by atoms with Crippen molar-refractivity contribution in [3.05, 3.63) is 77.9 Å². The Balaban J connectivity index is 1.63. The Hall–Kier alpha value is -2.62. The Labute approximate surface area is 137 Å². The van der Waals surface area contributed by atoms with Crippen LogP contribution in [0.5, 0.6) is 0 Å². The van der Waals surface area contributed by atoms with Gasteiger partial charge in [-0.3, -0.25) is 0 Å². The summed E-state index contributed by atoms with van der Waals surface area (Å²) < 4.78 is 1.83. The predicted molar refractivity (Wildman–Crippen MR) is 93.5 cm³/mol. The number of aryl methyl sites for hydroxylation is 1. The SMILES string of the molecule is Cc1cccc(CC(C)Nc2cccc(Cn3cncn3)c2)c1. The van der Waals surface area contributed by atoms with Gasteiger partial charge in [0.15, 0.2) is 0 Å². The molecule has 4 nitrogen and oxygen atoms in total. The van der Waals surface area contributed by atoms with Crippen LogP contribution in [0, 0.1) is 6.92 Å². The third-order valence-corrected chi connectivity index (χ3v) is 3.78. The zero-order valence-electron chi connectivity index (χ0n) is 13.6. The van der Waals surface area contributed by atoms with E-state index in [0.29, 0.717) is 6.04 Å². The van der Waals surface area contributed by atoms with Gasteiger partial charge in [-0.15, -0.1) is 0 Å². The number of aromatic nitrogens is 3. The molecule has 0 aliphatic rings. The summed E-state index contributed by atoms with van der Waals surface area (Å²) in [6, 6.07) is 17.5. The molecule has 4 heteroatoms. The molecular weight excluding hydrogens is 284 g/mol. The molecule has 0 aliphatic carbocycles. The Morgan fingerprint density at radius 2 is 1.91 bits per heavy atom. The standard InChI is InChI=1S/C19H22N4/c1-15-5-3-6-17(9-15)10-16(2)22-19-8-4-7-18(11-19)12-23-14-20-13-21-23/h3-9,11,13-14,16,22H,10,12H2,1-2H3. The molecule has 1 unspecified atom stereocenters. The largest absolute Gasteiger partial charge is 0.382 e. The highest BCUT2D eigenvalue weighted by molar-refractivity contribution is 5.46. The second-order valence-electron chi connectivity index (χ2n) is 6.03. The van der Waals surface area contributed by atoms with Crippen molar-refractivity contribution < 1.29 is 0 Å². The van der Waals surface area contributed by atoms with E-state index in [-0.39, 0.29) is 0 Å². The first-order valence-corrected chi connectivity index (χ1v) is 7.92. The summed E-state index contributed by atoms with van der Waals surface area (Å²) in [7, 11) is 0. The molecule has 1 aromatic heterocycles. The lowest BCUT2D eigenvalue weighted by Crippen LogP contribution is -2.18. The minimum absolute atomic E-state index is 0.374. The molecule has 0 amide bonds. The van der Waals surface area contributed by atoms with E-state index >= 15 is 0 Å². The second-order valence-corrected chi connectivity index (χ2v) is 6.03. The molecule has 0 saturated heterocycles. The van der Waals surface area contributed by atoms with Gasteiger partial charge in [-0.05, 0) is 43.5 Å². The van der Waals surface area contributed by atoms with E-state index in [0.717, 1.165) is 18.7 Å². The molecule has 1 heterocycles. The first-order valence-electron chi connectivity index (χ1n) is 7.92. The maximum Gasteiger partial charge on any atom is 0.137 e. The minimum Gasteiger partial charge on any atom is -0.382 e. The molecule has 0 radical (unpaired) electrons. The van der Waals surface area contributed by atoms with Crippen LogP contribution in [0.3, 0.4) is 0 Å². The highest BCUT2D eigenvalue weighted by atomic mass is 15.3. The highest BCUT2D eigenvalue weighted by Gasteiger charge is 2.05. The topological polar surface area (TPSA) is 42.7 Å². The van der Waals surface area contributed by atoms with Crippen molar-refractivity contribution in [2.24, 2.45) is 0 Å². The van der Waals surface area contributed by atoms with E-state index in [4.69, 9.17) is 0 Å². The van der Waals surface area contributed by atoms with Crippen LogP contribution in [0.1, 0.15) is 23.6 Å². The summed E-state index contributed by atoms with van der Waals surface area (Å²) in [5.74, 6) is 0. The highest BCUT2D eigenvalue weighted by Crippen LogP contribution is 2.15. The second kappa shape index (κ2) is 7.09. The van der Waals surface area contributed by atoms with Gasteiger partial charge in [-0.2, -0.15) is 5.10 Å². The molecule has 0 aliphatic heterocycles. The van der Waals surface area contributed by atoms with Crippen molar-refractivity contribution in [2.45, 2.75) is 32.9 Å². The molecule has 3 rings (SSSR count). The summed E-state index contributed by atoms with van der Waals surface area (Å²) in [5, 5.41) is 7.74. The number of nitrogens with zero attached hydrogens (tertiary/aromatic N) is 3. The Morgan fingerprint density at radius 1 is 1.09 bits per heavy atom. The van der Waals surface area contributed by atoms with E-state index in [9.17, 15) is 0 Å². The van der Waals surface area contributed by atoms with Crippen molar-refractivity contribution in [2.75, 3.05) is 5.32 Å². The number of rotatable bonds is 6. The number of anilines is 1. The summed E-state index contributed by atoms with van der Waals surface area (Å²) in [6.45, 7) is 5.09. The maximum absolute atomic E-state index is 4.15. The molecular formula is C19H22N4. The molecule has 0 saturated carbocycles. The summed E-state index contributed by atoms with van der Waals surface area (Å²) in [5.41, 5.74) is 5.03. The van der Waals surface area contributed by atoms with Crippen LogP contribution in [0.4, 0.5) is 5.69 Å². The predicted octanol–water partition coefficient (Wildman–Crippen LogP) is 3.68. The third kappa shape index (κ3) is 4.42. The zero-order chi connectivity index (χ0) is 16.1. The van der Waals surface area contributed by atoms with Crippen molar-refractivity contribution in [1.82, 2.24) is 14.8 Å². The van der Waals surface area contributed by atoms with Gasteiger partial charge in [0.1, 0.15) is 12.7 Å². The molecule has 0 fully saturated rings. The van der Waals surface area contributed by atoms with E-state index in [1.807, 2.05) is 4.68 Å². The third-order valence-electron chi connectivity index (χ3n) is 3.78. The minimum atomic E-state index is 0.374. The molecule has 0 spiro atoms. The number of hydrogen-bond donors (Lipinski definition) is 1. The Morgan fingerprint density at radius 3 is 2.70 bits per heavy atom.